The van der Waals surface area contributed by atoms with Gasteiger partial charge in [-0.15, -0.1) is 0 Å². The first-order chi connectivity index (χ1) is 11.7. The summed E-state index contributed by atoms with van der Waals surface area (Å²) in [6.45, 7) is 0.675. The third-order valence-corrected chi connectivity index (χ3v) is 3.34. The zero-order valence-corrected chi connectivity index (χ0v) is 12.6. The SMILES string of the molecule is NC(=O)c1nc(N)nc(N2CC(Oc3ccc(C(F)(F)F)cn3)C2)n1. The number of hydrogen-bond donors (Lipinski definition) is 2. The standard InChI is InChI=1S/C13H12F3N7O2/c14-13(15,16)6-1-2-8(19-3-6)25-7-4-23(5-7)12-21-10(9(17)24)20-11(18)22-12/h1-3,7H,4-5H2,(H2,17,24)(H2,18,20,21,22). The molecule has 0 bridgehead atoms. The summed E-state index contributed by atoms with van der Waals surface area (Å²) < 4.78 is 42.9. The molecule has 1 fully saturated rings. The Balaban J connectivity index is 1.61. The van der Waals surface area contributed by atoms with Gasteiger partial charge in [0.05, 0.1) is 18.7 Å². The first-order valence-electron chi connectivity index (χ1n) is 6.98. The Hall–Kier alpha value is -3.18. The fraction of sp³-hybridized carbons (Fsp3) is 0.308. The number of alkyl halides is 3. The van der Waals surface area contributed by atoms with E-state index in [0.717, 1.165) is 12.1 Å². The number of pyridine rings is 1. The predicted molar refractivity (Wildman–Crippen MR) is 78.6 cm³/mol. The van der Waals surface area contributed by atoms with E-state index in [1.807, 2.05) is 0 Å². The van der Waals surface area contributed by atoms with Crippen LogP contribution in [0, 0.1) is 0 Å². The number of primary amides is 1. The number of ether oxygens (including phenoxy) is 1. The summed E-state index contributed by atoms with van der Waals surface area (Å²) in [5.74, 6) is -0.992. The molecule has 2 aromatic rings. The minimum Gasteiger partial charge on any atom is -0.471 e. The Kier molecular flexibility index (Phi) is 4.02. The minimum atomic E-state index is -4.45. The quantitative estimate of drug-likeness (QED) is 0.796. The second kappa shape index (κ2) is 6.03. The number of hydrogen-bond acceptors (Lipinski definition) is 8. The van der Waals surface area contributed by atoms with E-state index in [4.69, 9.17) is 16.2 Å². The molecule has 0 radical (unpaired) electrons. The third kappa shape index (κ3) is 3.67. The Morgan fingerprint density at radius 1 is 1.24 bits per heavy atom. The molecule has 12 heteroatoms. The lowest BCUT2D eigenvalue weighted by Gasteiger charge is -2.38. The van der Waals surface area contributed by atoms with Crippen molar-refractivity contribution < 1.29 is 22.7 Å². The summed E-state index contributed by atoms with van der Waals surface area (Å²) >= 11 is 0. The molecular weight excluding hydrogens is 343 g/mol. The van der Waals surface area contributed by atoms with Gasteiger partial charge >= 0.3 is 6.18 Å². The van der Waals surface area contributed by atoms with Crippen LogP contribution in [0.3, 0.4) is 0 Å². The van der Waals surface area contributed by atoms with Crippen LogP contribution in [0.4, 0.5) is 25.1 Å². The second-order valence-electron chi connectivity index (χ2n) is 5.21. The highest BCUT2D eigenvalue weighted by molar-refractivity contribution is 5.89. The molecule has 1 amide bonds. The van der Waals surface area contributed by atoms with E-state index in [-0.39, 0.29) is 29.7 Å². The summed E-state index contributed by atoms with van der Waals surface area (Å²) in [5.41, 5.74) is 9.74. The van der Waals surface area contributed by atoms with Gasteiger partial charge in [0.2, 0.25) is 23.6 Å². The van der Waals surface area contributed by atoms with E-state index in [1.165, 1.54) is 0 Å². The highest BCUT2D eigenvalue weighted by Crippen LogP contribution is 2.29. The number of nitrogens with two attached hydrogens (primary N) is 2. The van der Waals surface area contributed by atoms with Gasteiger partial charge in [-0.3, -0.25) is 4.79 Å². The number of amides is 1. The van der Waals surface area contributed by atoms with Crippen LogP contribution in [0.15, 0.2) is 18.3 Å². The van der Waals surface area contributed by atoms with Gasteiger partial charge in [0.25, 0.3) is 5.91 Å². The van der Waals surface area contributed by atoms with Crippen LogP contribution in [0.5, 0.6) is 5.88 Å². The van der Waals surface area contributed by atoms with Crippen molar-refractivity contribution in [1.29, 1.82) is 0 Å². The molecule has 0 unspecified atom stereocenters. The fourth-order valence-corrected chi connectivity index (χ4v) is 2.10. The number of nitrogens with zero attached hydrogens (tertiary/aromatic N) is 5. The average Bonchev–Trinajstić information content (AvgIpc) is 2.49. The van der Waals surface area contributed by atoms with E-state index in [1.54, 1.807) is 4.90 Å². The molecule has 0 atom stereocenters. The fourth-order valence-electron chi connectivity index (χ4n) is 2.10. The molecule has 1 aliphatic rings. The van der Waals surface area contributed by atoms with Crippen molar-refractivity contribution in [3.05, 3.63) is 29.7 Å². The number of nitrogen functional groups attached to an aromatic ring is 1. The third-order valence-electron chi connectivity index (χ3n) is 3.34. The summed E-state index contributed by atoms with van der Waals surface area (Å²) in [7, 11) is 0. The largest absolute Gasteiger partial charge is 0.471 e. The first-order valence-corrected chi connectivity index (χ1v) is 6.98. The van der Waals surface area contributed by atoms with Gasteiger partial charge in [0.15, 0.2) is 0 Å². The number of halogens is 3. The molecule has 3 rings (SSSR count). The highest BCUT2D eigenvalue weighted by atomic mass is 19.4. The Labute approximate surface area is 138 Å². The summed E-state index contributed by atoms with van der Waals surface area (Å²) in [6, 6.07) is 2.04. The molecule has 3 heterocycles. The molecule has 1 saturated heterocycles. The van der Waals surface area contributed by atoms with Crippen molar-refractivity contribution in [3.8, 4) is 5.88 Å². The predicted octanol–water partition coefficient (Wildman–Crippen LogP) is 0.234. The van der Waals surface area contributed by atoms with Crippen molar-refractivity contribution >= 4 is 17.8 Å². The number of aromatic nitrogens is 4. The average molecular weight is 355 g/mol. The van der Waals surface area contributed by atoms with Crippen molar-refractivity contribution in [2.45, 2.75) is 12.3 Å². The highest BCUT2D eigenvalue weighted by Gasteiger charge is 2.33. The number of rotatable bonds is 4. The van der Waals surface area contributed by atoms with Crippen LogP contribution in [0.25, 0.3) is 0 Å². The molecule has 0 saturated carbocycles. The first kappa shape index (κ1) is 16.7. The van der Waals surface area contributed by atoms with Crippen LogP contribution in [-0.4, -0.2) is 45.0 Å². The lowest BCUT2D eigenvalue weighted by Crippen LogP contribution is -2.54. The van der Waals surface area contributed by atoms with E-state index < -0.39 is 17.6 Å². The maximum Gasteiger partial charge on any atom is 0.417 e. The molecule has 25 heavy (non-hydrogen) atoms. The van der Waals surface area contributed by atoms with Gasteiger partial charge < -0.3 is 21.1 Å². The normalized spacial score (nSPS) is 14.9. The number of carbonyl (C=O) groups excluding carboxylic acids is 1. The minimum absolute atomic E-state index is 0.0747. The Morgan fingerprint density at radius 2 is 1.96 bits per heavy atom. The molecule has 2 aromatic heterocycles. The Bertz CT molecular complexity index is 791. The monoisotopic (exact) mass is 355 g/mol. The Morgan fingerprint density at radius 3 is 2.52 bits per heavy atom. The molecule has 0 aromatic carbocycles. The maximum atomic E-state index is 12.5. The van der Waals surface area contributed by atoms with Crippen LogP contribution in [0.2, 0.25) is 0 Å². The topological polar surface area (TPSA) is 133 Å². The molecule has 0 spiro atoms. The summed E-state index contributed by atoms with van der Waals surface area (Å²) in [6.07, 6.45) is -4.06. The van der Waals surface area contributed by atoms with E-state index in [0.29, 0.717) is 19.3 Å². The van der Waals surface area contributed by atoms with Gasteiger partial charge in [0.1, 0.15) is 6.10 Å². The van der Waals surface area contributed by atoms with Crippen LogP contribution < -0.4 is 21.1 Å². The maximum absolute atomic E-state index is 12.5. The number of carbonyl (C=O) groups is 1. The van der Waals surface area contributed by atoms with Crippen LogP contribution in [-0.2, 0) is 6.18 Å². The smallest absolute Gasteiger partial charge is 0.417 e. The van der Waals surface area contributed by atoms with Gasteiger partial charge in [-0.05, 0) is 6.07 Å². The van der Waals surface area contributed by atoms with Crippen molar-refractivity contribution in [2.75, 3.05) is 23.7 Å². The molecule has 132 valence electrons. The summed E-state index contributed by atoms with van der Waals surface area (Å²) in [4.78, 5) is 27.8. The van der Waals surface area contributed by atoms with Gasteiger partial charge in [0, 0.05) is 12.3 Å². The number of anilines is 2. The zero-order valence-electron chi connectivity index (χ0n) is 12.6. The summed E-state index contributed by atoms with van der Waals surface area (Å²) in [5, 5.41) is 0. The van der Waals surface area contributed by atoms with Gasteiger partial charge in [-0.1, -0.05) is 0 Å². The van der Waals surface area contributed by atoms with Crippen LogP contribution in [0.1, 0.15) is 16.2 Å². The van der Waals surface area contributed by atoms with Crippen molar-refractivity contribution in [3.63, 3.8) is 0 Å². The zero-order chi connectivity index (χ0) is 18.2. The lowest BCUT2D eigenvalue weighted by atomic mass is 10.2. The lowest BCUT2D eigenvalue weighted by molar-refractivity contribution is -0.137. The second-order valence-corrected chi connectivity index (χ2v) is 5.21. The molecule has 9 nitrogen and oxygen atoms in total. The van der Waals surface area contributed by atoms with E-state index in [2.05, 4.69) is 19.9 Å². The van der Waals surface area contributed by atoms with Gasteiger partial charge in [-0.25, -0.2) is 4.98 Å². The molecule has 4 N–H and O–H groups in total. The van der Waals surface area contributed by atoms with Crippen molar-refractivity contribution in [1.82, 2.24) is 19.9 Å². The van der Waals surface area contributed by atoms with E-state index >= 15 is 0 Å². The molecule has 1 aliphatic heterocycles. The van der Waals surface area contributed by atoms with Crippen molar-refractivity contribution in [2.24, 2.45) is 5.73 Å². The van der Waals surface area contributed by atoms with E-state index in [9.17, 15) is 18.0 Å². The van der Waals surface area contributed by atoms with Gasteiger partial charge in [-0.2, -0.15) is 28.1 Å². The molecule has 0 aliphatic carbocycles. The van der Waals surface area contributed by atoms with Crippen LogP contribution >= 0.6 is 0 Å². The molecular formula is C13H12F3N7O2.